The molecule has 3 N–H and O–H groups in total. The van der Waals surface area contributed by atoms with E-state index < -0.39 is 0 Å². The molecule has 1 unspecified atom stereocenters. The van der Waals surface area contributed by atoms with E-state index in [2.05, 4.69) is 4.99 Å². The second-order valence-corrected chi connectivity index (χ2v) is 2.54. The molecule has 1 aliphatic rings. The molecule has 0 aromatic carbocycles. The zero-order valence-electron chi connectivity index (χ0n) is 6.26. The lowest BCUT2D eigenvalue weighted by Crippen LogP contribution is -2.45. The van der Waals surface area contributed by atoms with Crippen molar-refractivity contribution in [3.8, 4) is 0 Å². The molecule has 4 heteroatoms. The van der Waals surface area contributed by atoms with Gasteiger partial charge in [-0.1, -0.05) is 0 Å². The Kier molecular flexibility index (Phi) is 1.61. The third-order valence-electron chi connectivity index (χ3n) is 1.63. The van der Waals surface area contributed by atoms with Crippen molar-refractivity contribution < 1.29 is 0 Å². The summed E-state index contributed by atoms with van der Waals surface area (Å²) in [6.07, 6.45) is 0. The molecular weight excluding hydrogens is 128 g/mol. The first-order valence-corrected chi connectivity index (χ1v) is 3.23. The van der Waals surface area contributed by atoms with Gasteiger partial charge in [-0.15, -0.1) is 0 Å². The zero-order chi connectivity index (χ0) is 7.72. The van der Waals surface area contributed by atoms with Crippen molar-refractivity contribution in [3.63, 3.8) is 0 Å². The predicted octanol–water partition coefficient (Wildman–Crippen LogP) is -0.345. The monoisotopic (exact) mass is 140 g/mol. The molecule has 0 amide bonds. The third-order valence-corrected chi connectivity index (χ3v) is 1.63. The summed E-state index contributed by atoms with van der Waals surface area (Å²) in [6.45, 7) is 2.48. The number of hydrogen-bond acceptors (Lipinski definition) is 4. The Morgan fingerprint density at radius 2 is 2.40 bits per heavy atom. The van der Waals surface area contributed by atoms with Crippen molar-refractivity contribution >= 4 is 11.7 Å². The molecule has 0 spiro atoms. The minimum atomic E-state index is -0.0313. The van der Waals surface area contributed by atoms with Gasteiger partial charge < -0.3 is 16.0 Å². The molecule has 56 valence electrons. The molecule has 4 nitrogen and oxygen atoms in total. The lowest BCUT2D eigenvalue weighted by atomic mass is 10.2. The van der Waals surface area contributed by atoms with Crippen LogP contribution in [0.2, 0.25) is 0 Å². The Bertz CT molecular complexity index is 184. The molecule has 1 heterocycles. The van der Waals surface area contributed by atoms with Gasteiger partial charge in [0.15, 0.2) is 5.96 Å². The number of guanidine groups is 1. The van der Waals surface area contributed by atoms with Crippen molar-refractivity contribution in [1.29, 1.82) is 5.41 Å². The number of nitrogens with zero attached hydrogens (tertiary/aromatic N) is 2. The summed E-state index contributed by atoms with van der Waals surface area (Å²) in [5.74, 6) is 0.531. The van der Waals surface area contributed by atoms with Gasteiger partial charge in [-0.3, -0.25) is 0 Å². The van der Waals surface area contributed by atoms with Crippen LogP contribution in [0.15, 0.2) is 4.99 Å². The van der Waals surface area contributed by atoms with Gasteiger partial charge in [0.2, 0.25) is 0 Å². The van der Waals surface area contributed by atoms with Crippen LogP contribution in [0.25, 0.3) is 0 Å². The number of hydrogen-bond donors (Lipinski definition) is 2. The van der Waals surface area contributed by atoms with Crippen molar-refractivity contribution in [1.82, 2.24) is 4.90 Å². The van der Waals surface area contributed by atoms with Crippen LogP contribution in [0, 0.1) is 5.41 Å². The Morgan fingerprint density at radius 3 is 2.90 bits per heavy atom. The number of nitrogens with two attached hydrogens (primary N) is 1. The van der Waals surface area contributed by atoms with Gasteiger partial charge in [0.25, 0.3) is 0 Å². The summed E-state index contributed by atoms with van der Waals surface area (Å²) in [4.78, 5) is 5.81. The molecule has 1 aliphatic heterocycles. The summed E-state index contributed by atoms with van der Waals surface area (Å²) in [7, 11) is 1.83. The molecule has 0 aromatic rings. The van der Waals surface area contributed by atoms with Crippen LogP contribution >= 0.6 is 0 Å². The molecule has 0 aliphatic carbocycles. The largest absolute Gasteiger partial charge is 0.370 e. The van der Waals surface area contributed by atoms with Crippen molar-refractivity contribution in [3.05, 3.63) is 0 Å². The van der Waals surface area contributed by atoms with E-state index in [0.717, 1.165) is 0 Å². The van der Waals surface area contributed by atoms with Crippen LogP contribution < -0.4 is 5.73 Å². The van der Waals surface area contributed by atoms with Crippen molar-refractivity contribution in [2.45, 2.75) is 13.0 Å². The number of aliphatic imine (C=N–C) groups is 1. The second-order valence-electron chi connectivity index (χ2n) is 2.54. The smallest absolute Gasteiger partial charge is 0.191 e. The Labute approximate surface area is 60.2 Å². The maximum absolute atomic E-state index is 7.41. The number of rotatable bonds is 0. The maximum atomic E-state index is 7.41. The fourth-order valence-corrected chi connectivity index (χ4v) is 0.844. The Balaban J connectivity index is 2.79. The van der Waals surface area contributed by atoms with E-state index in [1.165, 1.54) is 0 Å². The van der Waals surface area contributed by atoms with Crippen molar-refractivity contribution in [2.24, 2.45) is 10.7 Å². The molecule has 0 aromatic heterocycles. The van der Waals surface area contributed by atoms with Crippen LogP contribution in [-0.2, 0) is 0 Å². The first-order valence-electron chi connectivity index (χ1n) is 3.23. The van der Waals surface area contributed by atoms with E-state index in [1.54, 1.807) is 4.90 Å². The minimum absolute atomic E-state index is 0.0313. The van der Waals surface area contributed by atoms with E-state index in [1.807, 2.05) is 14.0 Å². The molecule has 1 atom stereocenters. The topological polar surface area (TPSA) is 65.5 Å². The number of nitrogens with one attached hydrogen (secondary N) is 1. The highest BCUT2D eigenvalue weighted by atomic mass is 15.3. The van der Waals surface area contributed by atoms with Gasteiger partial charge in [-0.05, 0) is 6.92 Å². The van der Waals surface area contributed by atoms with E-state index in [9.17, 15) is 0 Å². The van der Waals surface area contributed by atoms with Crippen LogP contribution in [0.5, 0.6) is 0 Å². The summed E-state index contributed by atoms with van der Waals surface area (Å²) < 4.78 is 0. The summed E-state index contributed by atoms with van der Waals surface area (Å²) in [6, 6.07) is -0.0313. The predicted molar refractivity (Wildman–Crippen MR) is 41.4 cm³/mol. The molecule has 0 bridgehead atoms. The Morgan fingerprint density at radius 1 is 1.80 bits per heavy atom. The first kappa shape index (κ1) is 7.05. The van der Waals surface area contributed by atoms with Crippen molar-refractivity contribution in [2.75, 3.05) is 13.6 Å². The second kappa shape index (κ2) is 2.28. The lowest BCUT2D eigenvalue weighted by molar-refractivity contribution is 0.541. The first-order chi connectivity index (χ1) is 4.61. The van der Waals surface area contributed by atoms with Gasteiger partial charge in [0, 0.05) is 7.05 Å². The van der Waals surface area contributed by atoms with Gasteiger partial charge in [-0.25, -0.2) is 4.99 Å². The fourth-order valence-electron chi connectivity index (χ4n) is 0.844. The van der Waals surface area contributed by atoms with Crippen LogP contribution in [0.4, 0.5) is 0 Å². The standard InChI is InChI=1S/C6H12N4/c1-4-5(7)3-10(2)6(8)9-4/h4,7H,3H2,1-2H3,(H2,8,9). The van der Waals surface area contributed by atoms with E-state index in [0.29, 0.717) is 18.2 Å². The molecule has 0 saturated heterocycles. The molecule has 0 fully saturated rings. The maximum Gasteiger partial charge on any atom is 0.191 e. The summed E-state index contributed by atoms with van der Waals surface area (Å²) in [5, 5.41) is 7.41. The van der Waals surface area contributed by atoms with Gasteiger partial charge in [0.1, 0.15) is 0 Å². The molecule has 0 saturated carbocycles. The van der Waals surface area contributed by atoms with Gasteiger partial charge in [-0.2, -0.15) is 0 Å². The Hall–Kier alpha value is -1.06. The zero-order valence-corrected chi connectivity index (χ0v) is 6.26. The quantitative estimate of drug-likeness (QED) is 0.483. The SMILES string of the molecule is CC1N=C(N)N(C)CC1=N. The van der Waals surface area contributed by atoms with Crippen LogP contribution in [0.3, 0.4) is 0 Å². The molecular formula is C6H12N4. The highest BCUT2D eigenvalue weighted by Gasteiger charge is 2.17. The normalized spacial score (nSPS) is 26.6. The van der Waals surface area contributed by atoms with Crippen LogP contribution in [-0.4, -0.2) is 36.2 Å². The molecule has 0 radical (unpaired) electrons. The average Bonchev–Trinajstić information content (AvgIpc) is 1.84. The van der Waals surface area contributed by atoms with E-state index >= 15 is 0 Å². The van der Waals surface area contributed by atoms with Gasteiger partial charge in [0.05, 0.1) is 18.3 Å². The minimum Gasteiger partial charge on any atom is -0.370 e. The summed E-state index contributed by atoms with van der Waals surface area (Å²) in [5.41, 5.74) is 6.13. The van der Waals surface area contributed by atoms with E-state index in [-0.39, 0.29) is 6.04 Å². The third kappa shape index (κ3) is 1.10. The lowest BCUT2D eigenvalue weighted by Gasteiger charge is -2.25. The van der Waals surface area contributed by atoms with Gasteiger partial charge >= 0.3 is 0 Å². The van der Waals surface area contributed by atoms with Crippen LogP contribution in [0.1, 0.15) is 6.92 Å². The highest BCUT2D eigenvalue weighted by Crippen LogP contribution is 2.01. The highest BCUT2D eigenvalue weighted by molar-refractivity contribution is 5.96. The fraction of sp³-hybridized carbons (Fsp3) is 0.667. The molecule has 10 heavy (non-hydrogen) atoms. The summed E-state index contributed by atoms with van der Waals surface area (Å²) >= 11 is 0. The average molecular weight is 140 g/mol. The molecule has 1 rings (SSSR count). The van der Waals surface area contributed by atoms with E-state index in [4.69, 9.17) is 11.1 Å².